The molecule has 270 valence electrons. The molecule has 3 heterocycles. The highest BCUT2D eigenvalue weighted by Gasteiger charge is 2.62. The van der Waals surface area contributed by atoms with Gasteiger partial charge < -0.3 is 25.4 Å². The summed E-state index contributed by atoms with van der Waals surface area (Å²) in [5, 5.41) is 2.33. The fourth-order valence-corrected chi connectivity index (χ4v) is 8.97. The van der Waals surface area contributed by atoms with Crippen LogP contribution in [0.15, 0.2) is 30.4 Å². The Hall–Kier alpha value is -3.78. The number of methoxy groups -OCH3 is 1. The van der Waals surface area contributed by atoms with Gasteiger partial charge in [0.2, 0.25) is 27.7 Å². The summed E-state index contributed by atoms with van der Waals surface area (Å²) in [7, 11) is -2.25. The topological polar surface area (TPSA) is 183 Å². The molecule has 13 nitrogen and oxygen atoms in total. The summed E-state index contributed by atoms with van der Waals surface area (Å²) in [4.78, 5) is 53.4. The van der Waals surface area contributed by atoms with Gasteiger partial charge >= 0.3 is 0 Å². The van der Waals surface area contributed by atoms with Crippen LogP contribution < -0.4 is 25.2 Å². The number of allylic oxidation sites excluding steroid dienone is 1. The van der Waals surface area contributed by atoms with E-state index in [1.807, 2.05) is 37.3 Å². The summed E-state index contributed by atoms with van der Waals surface area (Å²) >= 11 is 0. The van der Waals surface area contributed by atoms with Crippen molar-refractivity contribution < 1.29 is 32.3 Å². The number of hydrogen-bond donors (Lipinski definition) is 3. The highest BCUT2D eigenvalue weighted by molar-refractivity contribution is 7.91. The van der Waals surface area contributed by atoms with Crippen molar-refractivity contribution in [2.24, 2.45) is 23.5 Å². The molecule has 1 aromatic carbocycles. The lowest BCUT2D eigenvalue weighted by Gasteiger charge is -2.31. The number of nitrogens with zero attached hydrogens (tertiary/aromatic N) is 3. The zero-order valence-corrected chi connectivity index (χ0v) is 29.8. The van der Waals surface area contributed by atoms with Gasteiger partial charge in [0.15, 0.2) is 0 Å². The summed E-state index contributed by atoms with van der Waals surface area (Å²) in [5.41, 5.74) is 7.33. The largest absolute Gasteiger partial charge is 0.497 e. The number of nitrogens with one attached hydrogen (secondary N) is 2. The molecule has 7 atom stereocenters. The first-order valence-corrected chi connectivity index (χ1v) is 19.6. The van der Waals surface area contributed by atoms with Crippen molar-refractivity contribution in [3.8, 4) is 11.6 Å². The summed E-state index contributed by atoms with van der Waals surface area (Å²) in [6, 6.07) is 3.64. The molecule has 2 aliphatic heterocycles. The first-order chi connectivity index (χ1) is 23.9. The van der Waals surface area contributed by atoms with E-state index in [0.717, 1.165) is 37.8 Å². The molecule has 1 aromatic heterocycles. The Morgan fingerprint density at radius 2 is 1.90 bits per heavy atom. The Balaban J connectivity index is 1.19. The molecular weight excluding hydrogens is 660 g/mol. The lowest BCUT2D eigenvalue weighted by atomic mass is 9.85. The number of amides is 3. The van der Waals surface area contributed by atoms with Gasteiger partial charge in [0.25, 0.3) is 5.91 Å². The number of carbonyl (C=O) groups is 3. The van der Waals surface area contributed by atoms with Gasteiger partial charge in [-0.2, -0.15) is 0 Å². The lowest BCUT2D eigenvalue weighted by Crippen LogP contribution is -2.58. The average molecular weight is 709 g/mol. The van der Waals surface area contributed by atoms with Crippen LogP contribution in [-0.4, -0.2) is 83.6 Å². The number of hydrogen-bond acceptors (Lipinski definition) is 10. The minimum absolute atomic E-state index is 0.0849. The van der Waals surface area contributed by atoms with Gasteiger partial charge in [0.05, 0.1) is 36.0 Å². The van der Waals surface area contributed by atoms with Crippen molar-refractivity contribution in [1.29, 1.82) is 0 Å². The molecular formula is C36H48N6O7S. The highest BCUT2D eigenvalue weighted by Crippen LogP contribution is 2.47. The molecule has 3 saturated carbocycles. The fourth-order valence-electron chi connectivity index (χ4n) is 7.60. The molecule has 5 aliphatic rings. The molecule has 4 N–H and O–H groups in total. The van der Waals surface area contributed by atoms with Crippen LogP contribution in [0.4, 0.5) is 0 Å². The number of nitrogens with two attached hydrogens (primary N) is 1. The first kappa shape index (κ1) is 34.7. The summed E-state index contributed by atoms with van der Waals surface area (Å²) in [5.74, 6) is -0.537. The second-order valence-electron chi connectivity index (χ2n) is 15.0. The minimum atomic E-state index is -3.85. The Bertz CT molecular complexity index is 1810. The van der Waals surface area contributed by atoms with Gasteiger partial charge in [-0.05, 0) is 75.3 Å². The summed E-state index contributed by atoms with van der Waals surface area (Å²) < 4.78 is 39.8. The van der Waals surface area contributed by atoms with Gasteiger partial charge in [-0.25, -0.2) is 18.4 Å². The molecule has 50 heavy (non-hydrogen) atoms. The molecule has 0 bridgehead atoms. The van der Waals surface area contributed by atoms with Crippen LogP contribution in [0.2, 0.25) is 0 Å². The van der Waals surface area contributed by atoms with Crippen molar-refractivity contribution in [3.05, 3.63) is 36.0 Å². The van der Waals surface area contributed by atoms with E-state index in [1.54, 1.807) is 7.11 Å². The van der Waals surface area contributed by atoms with Crippen molar-refractivity contribution >= 4 is 38.8 Å². The number of fused-ring (bicyclic) bond motifs is 3. The molecule has 0 spiro atoms. The zero-order chi connectivity index (χ0) is 35.4. The van der Waals surface area contributed by atoms with Crippen LogP contribution >= 0.6 is 0 Å². The lowest BCUT2D eigenvalue weighted by molar-refractivity contribution is -0.141. The van der Waals surface area contributed by atoms with E-state index in [0.29, 0.717) is 47.8 Å². The molecule has 3 amide bonds. The van der Waals surface area contributed by atoms with Crippen molar-refractivity contribution in [3.63, 3.8) is 0 Å². The molecule has 7 rings (SSSR count). The minimum Gasteiger partial charge on any atom is -0.497 e. The Kier molecular flexibility index (Phi) is 9.29. The van der Waals surface area contributed by atoms with E-state index in [1.165, 1.54) is 4.90 Å². The maximum atomic E-state index is 14.3. The van der Waals surface area contributed by atoms with Gasteiger partial charge in [-0.15, -0.1) is 0 Å². The third-order valence-corrected chi connectivity index (χ3v) is 13.0. The van der Waals surface area contributed by atoms with Crippen molar-refractivity contribution in [1.82, 2.24) is 24.9 Å². The summed E-state index contributed by atoms with van der Waals surface area (Å²) in [6.45, 7) is 4.27. The number of carbonyl (C=O) groups excluding carboxylic acids is 3. The molecule has 4 fully saturated rings. The number of benzene rings is 1. The molecule has 1 saturated heterocycles. The molecule has 14 heteroatoms. The van der Waals surface area contributed by atoms with E-state index in [9.17, 15) is 22.8 Å². The highest BCUT2D eigenvalue weighted by atomic mass is 32.2. The van der Waals surface area contributed by atoms with E-state index >= 15 is 0 Å². The number of sulfonamides is 1. The van der Waals surface area contributed by atoms with Gasteiger partial charge in [-0.1, -0.05) is 32.4 Å². The van der Waals surface area contributed by atoms with Crippen molar-refractivity contribution in [2.75, 3.05) is 13.7 Å². The monoisotopic (exact) mass is 708 g/mol. The van der Waals surface area contributed by atoms with E-state index in [2.05, 4.69) is 17.0 Å². The maximum absolute atomic E-state index is 14.3. The molecule has 3 aliphatic carbocycles. The quantitative estimate of drug-likeness (QED) is 0.345. The normalized spacial score (nSPS) is 32.6. The molecule has 0 unspecified atom stereocenters. The Morgan fingerprint density at radius 3 is 2.60 bits per heavy atom. The van der Waals surface area contributed by atoms with E-state index in [-0.39, 0.29) is 43.0 Å². The van der Waals surface area contributed by atoms with Gasteiger partial charge in [0, 0.05) is 24.3 Å². The third-order valence-electron chi connectivity index (χ3n) is 11.1. The third kappa shape index (κ3) is 6.92. The SMILES string of the molecule is CC[C@@H]1C[C@H](C)CC/C=C\[C@@H]2C[C@@]2(C(=O)NS(=O)(=O)C2CC2)NC(=O)[C@@H]2C[C@@H](Oc3nc4ccc(OC)cc4nc3C3CC3)CN2C(=O)[C@H]1N. The summed E-state index contributed by atoms with van der Waals surface area (Å²) in [6.07, 6.45) is 9.74. The second-order valence-corrected chi connectivity index (χ2v) is 17.0. The number of ether oxygens (including phenoxy) is 2. The smallest absolute Gasteiger partial charge is 0.259 e. The van der Waals surface area contributed by atoms with Crippen LogP contribution in [-0.2, 0) is 24.4 Å². The van der Waals surface area contributed by atoms with E-state index in [4.69, 9.17) is 25.2 Å². The van der Waals surface area contributed by atoms with Crippen LogP contribution in [0.3, 0.4) is 0 Å². The standard InChI is InChI=1S/C36H48N6O7S/c1-4-21-15-20(2)7-5-6-8-23-18-36(23,35(45)41-50(46,47)26-12-13-26)40-32(43)29-17-25(19-42(29)34(44)30(21)37)49-33-31(22-9-10-22)38-28-16-24(48-3)11-14-27(28)39-33/h6,8,11,14,16,20-23,25-26,29-30H,4-5,7,9-10,12-13,15,17-19,37H2,1-3H3,(H,40,43)(H,41,45)/b8-6-/t20-,21-,23-,25-,29+,30+,36-/m1/s1. The fraction of sp³-hybridized carbons (Fsp3) is 0.639. The Labute approximate surface area is 293 Å². The van der Waals surface area contributed by atoms with Crippen LogP contribution in [0.5, 0.6) is 11.6 Å². The number of aromatic nitrogens is 2. The predicted octanol–water partition coefficient (Wildman–Crippen LogP) is 3.08. The van der Waals surface area contributed by atoms with Gasteiger partial charge in [0.1, 0.15) is 29.1 Å². The average Bonchev–Trinajstić information content (AvgIpc) is 3.98. The van der Waals surface area contributed by atoms with Crippen LogP contribution in [0.25, 0.3) is 11.0 Å². The van der Waals surface area contributed by atoms with Crippen LogP contribution in [0.1, 0.15) is 89.7 Å². The van der Waals surface area contributed by atoms with E-state index < -0.39 is 50.8 Å². The Morgan fingerprint density at radius 1 is 1.12 bits per heavy atom. The van der Waals surface area contributed by atoms with Crippen LogP contribution in [0, 0.1) is 17.8 Å². The molecule has 0 radical (unpaired) electrons. The van der Waals surface area contributed by atoms with Crippen molar-refractivity contribution in [2.45, 2.75) is 113 Å². The van der Waals surface area contributed by atoms with Gasteiger partial charge in [-0.3, -0.25) is 19.1 Å². The number of rotatable bonds is 8. The second kappa shape index (κ2) is 13.4. The first-order valence-electron chi connectivity index (χ1n) is 18.1. The maximum Gasteiger partial charge on any atom is 0.259 e. The molecule has 2 aromatic rings. The predicted molar refractivity (Wildman–Crippen MR) is 186 cm³/mol. The zero-order valence-electron chi connectivity index (χ0n) is 29.0.